The summed E-state index contributed by atoms with van der Waals surface area (Å²) in [6.07, 6.45) is 7.02. The summed E-state index contributed by atoms with van der Waals surface area (Å²) in [5.74, 6) is 0. The van der Waals surface area contributed by atoms with Crippen molar-refractivity contribution in [1.82, 2.24) is 0 Å². The Bertz CT molecular complexity index is 3420. The molecule has 1 fully saturated rings. The van der Waals surface area contributed by atoms with Gasteiger partial charge in [-0.05, 0) is 153 Å². The third-order valence-electron chi connectivity index (χ3n) is 19.9. The first-order valence-corrected chi connectivity index (χ1v) is 27.4. The predicted molar refractivity (Wildman–Crippen MR) is 308 cm³/mol. The van der Waals surface area contributed by atoms with Gasteiger partial charge in [0.2, 0.25) is 0 Å². The number of benzene rings is 7. The number of fused-ring (bicyclic) bond motifs is 12. The quantitative estimate of drug-likeness (QED) is 0.163. The molecule has 0 saturated heterocycles. The second-order valence-corrected chi connectivity index (χ2v) is 26.8. The first-order valence-electron chi connectivity index (χ1n) is 27.4. The average Bonchev–Trinajstić information content (AvgIpc) is 3.70. The molecule has 0 bridgehead atoms. The van der Waals surface area contributed by atoms with Gasteiger partial charge in [-0.15, -0.1) is 0 Å². The van der Waals surface area contributed by atoms with E-state index in [0.717, 1.165) is 19.3 Å². The number of nitrogens with zero attached hydrogens (tertiary/aromatic N) is 3. The Morgan fingerprint density at radius 2 is 1.07 bits per heavy atom. The van der Waals surface area contributed by atoms with Crippen LogP contribution in [0.3, 0.4) is 0 Å². The van der Waals surface area contributed by atoms with Crippen molar-refractivity contribution < 1.29 is 0 Å². The highest BCUT2D eigenvalue weighted by molar-refractivity contribution is 7.00. The highest BCUT2D eigenvalue weighted by Crippen LogP contribution is 2.66. The van der Waals surface area contributed by atoms with Crippen molar-refractivity contribution in [1.29, 1.82) is 0 Å². The molecule has 364 valence electrons. The van der Waals surface area contributed by atoms with Gasteiger partial charge in [-0.25, -0.2) is 0 Å². The smallest absolute Gasteiger partial charge is 0.252 e. The third kappa shape index (κ3) is 5.93. The van der Waals surface area contributed by atoms with E-state index in [1.807, 2.05) is 0 Å². The van der Waals surface area contributed by atoms with Crippen molar-refractivity contribution in [2.24, 2.45) is 0 Å². The molecule has 72 heavy (non-hydrogen) atoms. The summed E-state index contributed by atoms with van der Waals surface area (Å²) in [5.41, 5.74) is 25.6. The summed E-state index contributed by atoms with van der Waals surface area (Å²) in [5, 5.41) is 0. The molecule has 0 radical (unpaired) electrons. The molecule has 6 aliphatic rings. The highest BCUT2D eigenvalue weighted by Gasteiger charge is 2.63. The van der Waals surface area contributed by atoms with E-state index in [2.05, 4.69) is 244 Å². The van der Waals surface area contributed by atoms with Crippen LogP contribution >= 0.6 is 0 Å². The fourth-order valence-electron chi connectivity index (χ4n) is 15.3. The zero-order valence-electron chi connectivity index (χ0n) is 45.4. The summed E-state index contributed by atoms with van der Waals surface area (Å²) in [6, 6.07) is 55.7. The number of aryl methyl sites for hydroxylation is 1. The van der Waals surface area contributed by atoms with Crippen LogP contribution in [0.4, 0.5) is 39.8 Å². The summed E-state index contributed by atoms with van der Waals surface area (Å²) < 4.78 is 0. The minimum Gasteiger partial charge on any atom is -0.335 e. The molecule has 1 saturated carbocycles. The lowest BCUT2D eigenvalue weighted by molar-refractivity contribution is 0.195. The van der Waals surface area contributed by atoms with E-state index < -0.39 is 0 Å². The molecule has 0 amide bonds. The zero-order valence-corrected chi connectivity index (χ0v) is 45.4. The monoisotopic (exact) mass is 944 g/mol. The van der Waals surface area contributed by atoms with Crippen molar-refractivity contribution in [3.63, 3.8) is 0 Å². The van der Waals surface area contributed by atoms with E-state index >= 15 is 0 Å². The maximum Gasteiger partial charge on any atom is 0.252 e. The normalized spacial score (nSPS) is 24.5. The van der Waals surface area contributed by atoms with Gasteiger partial charge >= 0.3 is 0 Å². The van der Waals surface area contributed by atoms with Crippen LogP contribution in [0.25, 0.3) is 11.1 Å². The SMILES string of the molecule is CC(C)(C)c1ccc2c(c1)B1c3cc(C(C)(C)C)cc4c3N(c3cc(N5c6ccccc6C6(C)CCc7ccccc7C56C)cc(c31)N2c1ccc(C(C)(C)C)cc1-c1ccccc1)C1(C)CCCCC41C. The van der Waals surface area contributed by atoms with Gasteiger partial charge in [0.25, 0.3) is 6.71 Å². The topological polar surface area (TPSA) is 9.72 Å². The lowest BCUT2D eigenvalue weighted by Crippen LogP contribution is -2.64. The molecule has 4 aliphatic heterocycles. The lowest BCUT2D eigenvalue weighted by Gasteiger charge is -2.54. The van der Waals surface area contributed by atoms with Crippen LogP contribution in [-0.4, -0.2) is 12.3 Å². The van der Waals surface area contributed by atoms with E-state index in [9.17, 15) is 0 Å². The summed E-state index contributed by atoms with van der Waals surface area (Å²) >= 11 is 0. The van der Waals surface area contributed by atoms with Crippen molar-refractivity contribution in [3.8, 4) is 11.1 Å². The first-order chi connectivity index (χ1) is 34.1. The van der Waals surface area contributed by atoms with Crippen molar-refractivity contribution in [3.05, 3.63) is 178 Å². The number of anilines is 7. The van der Waals surface area contributed by atoms with Gasteiger partial charge in [-0.1, -0.05) is 192 Å². The Morgan fingerprint density at radius 1 is 0.458 bits per heavy atom. The van der Waals surface area contributed by atoms with E-state index in [0.29, 0.717) is 0 Å². The van der Waals surface area contributed by atoms with Crippen LogP contribution in [0.2, 0.25) is 0 Å². The van der Waals surface area contributed by atoms with Gasteiger partial charge in [-0.3, -0.25) is 0 Å². The standard InChI is InChI=1S/C68H74BN3/c1-62(2,3)45-29-31-55(49(37-45)43-23-15-14-16-24-43)70-57-32-30-46(63(4,5)6)39-53(57)69-54-40-47(64(7,8)9)38-52-61(54)72(67(12)35-22-21-34-65(52,67)10)59-42-48(41-58(70)60(59)69)71-56-28-20-19-27-51(56)66(11)36-33-44-25-17-18-26-50(44)68(66,71)13/h14-20,23-32,37-42H,21-22,33-36H2,1-13H3. The molecule has 0 N–H and O–H groups in total. The number of para-hydroxylation sites is 1. The Kier molecular flexibility index (Phi) is 9.44. The minimum absolute atomic E-state index is 0.0228. The maximum absolute atomic E-state index is 2.96. The Morgan fingerprint density at radius 3 is 1.79 bits per heavy atom. The van der Waals surface area contributed by atoms with Gasteiger partial charge in [0.15, 0.2) is 0 Å². The van der Waals surface area contributed by atoms with Gasteiger partial charge in [0.1, 0.15) is 0 Å². The highest BCUT2D eigenvalue weighted by atomic mass is 15.3. The molecule has 0 aromatic heterocycles. The molecule has 7 aromatic rings. The molecule has 0 spiro atoms. The molecule has 2 aliphatic carbocycles. The Hall–Kier alpha value is -6.00. The molecule has 4 atom stereocenters. The molecule has 3 nitrogen and oxygen atoms in total. The summed E-state index contributed by atoms with van der Waals surface area (Å²) in [7, 11) is 0. The van der Waals surface area contributed by atoms with E-state index in [1.54, 1.807) is 5.56 Å². The van der Waals surface area contributed by atoms with Gasteiger partial charge in [-0.2, -0.15) is 0 Å². The molecular weight excluding hydrogens is 870 g/mol. The zero-order chi connectivity index (χ0) is 50.3. The van der Waals surface area contributed by atoms with Crippen molar-refractivity contribution >= 4 is 62.9 Å². The van der Waals surface area contributed by atoms with Gasteiger partial charge in [0, 0.05) is 50.5 Å². The van der Waals surface area contributed by atoms with Crippen LogP contribution in [-0.2, 0) is 39.0 Å². The molecule has 4 unspecified atom stereocenters. The van der Waals surface area contributed by atoms with Crippen LogP contribution in [0.1, 0.15) is 161 Å². The van der Waals surface area contributed by atoms with Crippen molar-refractivity contribution in [2.75, 3.05) is 14.7 Å². The second kappa shape index (κ2) is 14.8. The molecule has 4 heteroatoms. The summed E-state index contributed by atoms with van der Waals surface area (Å²) in [4.78, 5) is 8.50. The van der Waals surface area contributed by atoms with Crippen LogP contribution < -0.4 is 31.1 Å². The Labute approximate surface area is 431 Å². The fourth-order valence-corrected chi connectivity index (χ4v) is 15.3. The number of rotatable bonds is 3. The molecule has 4 heterocycles. The largest absolute Gasteiger partial charge is 0.335 e. The van der Waals surface area contributed by atoms with E-state index in [1.165, 1.54) is 120 Å². The minimum atomic E-state index is -0.345. The lowest BCUT2D eigenvalue weighted by atomic mass is 9.33. The van der Waals surface area contributed by atoms with Gasteiger partial charge < -0.3 is 14.7 Å². The van der Waals surface area contributed by atoms with E-state index in [-0.39, 0.29) is 44.9 Å². The molecular formula is C68H74BN3. The maximum atomic E-state index is 2.96. The average molecular weight is 944 g/mol. The van der Waals surface area contributed by atoms with Crippen LogP contribution in [0, 0.1) is 0 Å². The van der Waals surface area contributed by atoms with Crippen molar-refractivity contribution in [2.45, 2.75) is 167 Å². The Balaban J connectivity index is 1.20. The molecule has 7 aromatic carbocycles. The summed E-state index contributed by atoms with van der Waals surface area (Å²) in [6.45, 7) is 32.0. The second-order valence-electron chi connectivity index (χ2n) is 26.8. The van der Waals surface area contributed by atoms with Crippen LogP contribution in [0.5, 0.6) is 0 Å². The van der Waals surface area contributed by atoms with Gasteiger partial charge in [0.05, 0.1) is 16.8 Å². The third-order valence-corrected chi connectivity index (χ3v) is 19.9. The van der Waals surface area contributed by atoms with E-state index in [4.69, 9.17) is 0 Å². The number of hydrogen-bond acceptors (Lipinski definition) is 3. The fraction of sp³-hybridized carbons (Fsp3) is 0.382. The number of hydrogen-bond donors (Lipinski definition) is 0. The van der Waals surface area contributed by atoms with Crippen LogP contribution in [0.15, 0.2) is 140 Å². The molecule has 13 rings (SSSR count). The first kappa shape index (κ1) is 45.8. The predicted octanol–water partition coefficient (Wildman–Crippen LogP) is 15.9.